The van der Waals surface area contributed by atoms with Crippen molar-refractivity contribution < 1.29 is 32.5 Å². The van der Waals surface area contributed by atoms with E-state index < -0.39 is 17.7 Å². The Morgan fingerprint density at radius 1 is 1.14 bits per heavy atom. The topological polar surface area (TPSA) is 89.5 Å². The minimum absolute atomic E-state index is 0.0269. The number of alkyl halides is 3. The molecular formula is C18H18F3N3O4. The summed E-state index contributed by atoms with van der Waals surface area (Å²) >= 11 is 0. The molecule has 7 nitrogen and oxygen atoms in total. The van der Waals surface area contributed by atoms with E-state index in [9.17, 15) is 18.3 Å². The van der Waals surface area contributed by atoms with Gasteiger partial charge in [-0.15, -0.1) is 13.2 Å². The van der Waals surface area contributed by atoms with E-state index in [2.05, 4.69) is 19.7 Å². The first-order valence-electron chi connectivity index (χ1n) is 8.17. The van der Waals surface area contributed by atoms with Gasteiger partial charge in [-0.05, 0) is 19.1 Å². The van der Waals surface area contributed by atoms with E-state index in [1.807, 2.05) is 0 Å². The molecule has 3 rings (SSSR count). The fourth-order valence-corrected chi connectivity index (χ4v) is 2.82. The second-order valence-electron chi connectivity index (χ2n) is 6.26. The van der Waals surface area contributed by atoms with E-state index in [1.54, 1.807) is 6.07 Å². The van der Waals surface area contributed by atoms with Crippen LogP contribution in [0, 0.1) is 0 Å². The van der Waals surface area contributed by atoms with Crippen molar-refractivity contribution in [3.63, 3.8) is 0 Å². The molecular weight excluding hydrogens is 379 g/mol. The number of methoxy groups -OCH3 is 2. The molecule has 0 aliphatic heterocycles. The van der Waals surface area contributed by atoms with Crippen LogP contribution in [-0.4, -0.2) is 40.6 Å². The van der Waals surface area contributed by atoms with Crippen molar-refractivity contribution in [2.24, 2.45) is 0 Å². The van der Waals surface area contributed by atoms with Gasteiger partial charge in [0.25, 0.3) is 0 Å². The number of H-pyrrole nitrogens is 1. The number of imidazole rings is 1. The van der Waals surface area contributed by atoms with E-state index in [4.69, 9.17) is 9.47 Å². The third-order valence-electron chi connectivity index (χ3n) is 4.08. The number of rotatable bonds is 6. The first-order valence-corrected chi connectivity index (χ1v) is 8.17. The number of aromatic amines is 1. The molecule has 0 bridgehead atoms. The second kappa shape index (κ2) is 7.19. The number of nitrogens with zero attached hydrogens (tertiary/aromatic N) is 2. The number of halogens is 3. The molecule has 0 aliphatic rings. The molecule has 1 atom stereocenters. The summed E-state index contributed by atoms with van der Waals surface area (Å²) in [6.07, 6.45) is -3.25. The molecule has 2 aromatic heterocycles. The molecule has 10 heteroatoms. The maximum absolute atomic E-state index is 12.4. The number of aliphatic hydroxyl groups is 1. The Labute approximate surface area is 158 Å². The van der Waals surface area contributed by atoms with E-state index in [0.717, 1.165) is 6.07 Å². The van der Waals surface area contributed by atoms with Crippen LogP contribution in [0.5, 0.6) is 17.2 Å². The van der Waals surface area contributed by atoms with Crippen LogP contribution in [0.25, 0.3) is 11.0 Å². The van der Waals surface area contributed by atoms with Gasteiger partial charge in [-0.3, -0.25) is 4.98 Å². The van der Waals surface area contributed by atoms with Gasteiger partial charge in [0.15, 0.2) is 11.5 Å². The molecule has 0 saturated heterocycles. The van der Waals surface area contributed by atoms with Crippen molar-refractivity contribution in [2.75, 3.05) is 14.2 Å². The van der Waals surface area contributed by atoms with Gasteiger partial charge in [-0.25, -0.2) is 4.98 Å². The van der Waals surface area contributed by atoms with Crippen LogP contribution < -0.4 is 14.2 Å². The second-order valence-corrected chi connectivity index (χ2v) is 6.26. The standard InChI is InChI=1S/C18H18F3N3O4/c1-17(25,9-13-15(27-3)14(26-2)6-7-22-13)16-23-11-5-4-10(8-12(11)24-16)28-18(19,20)21/h4-8,25H,9H2,1-3H3,(H,23,24). The fourth-order valence-electron chi connectivity index (χ4n) is 2.82. The van der Waals surface area contributed by atoms with Crippen LogP contribution in [0.3, 0.4) is 0 Å². The van der Waals surface area contributed by atoms with E-state index in [-0.39, 0.29) is 17.8 Å². The van der Waals surface area contributed by atoms with Crippen LogP contribution >= 0.6 is 0 Å². The minimum atomic E-state index is -4.80. The SMILES string of the molecule is COc1ccnc(CC(C)(O)c2nc3cc(OC(F)(F)F)ccc3[nH]2)c1OC. The number of ether oxygens (including phenoxy) is 3. The number of nitrogens with one attached hydrogen (secondary N) is 1. The molecule has 3 aromatic rings. The molecule has 28 heavy (non-hydrogen) atoms. The normalized spacial score (nSPS) is 14.0. The number of fused-ring (bicyclic) bond motifs is 1. The van der Waals surface area contributed by atoms with Crippen LogP contribution in [0.1, 0.15) is 18.4 Å². The lowest BCUT2D eigenvalue weighted by Gasteiger charge is -2.22. The zero-order chi connectivity index (χ0) is 20.5. The highest BCUT2D eigenvalue weighted by Gasteiger charge is 2.32. The summed E-state index contributed by atoms with van der Waals surface area (Å²) in [4.78, 5) is 11.4. The minimum Gasteiger partial charge on any atom is -0.493 e. The lowest BCUT2D eigenvalue weighted by molar-refractivity contribution is -0.274. The van der Waals surface area contributed by atoms with Gasteiger partial charge in [0.05, 0.1) is 30.9 Å². The molecule has 0 fully saturated rings. The summed E-state index contributed by atoms with van der Waals surface area (Å²) in [5, 5.41) is 10.9. The highest BCUT2D eigenvalue weighted by molar-refractivity contribution is 5.77. The van der Waals surface area contributed by atoms with Gasteiger partial charge < -0.3 is 24.3 Å². The summed E-state index contributed by atoms with van der Waals surface area (Å²) in [6.45, 7) is 1.51. The number of pyridine rings is 1. The molecule has 0 amide bonds. The Morgan fingerprint density at radius 2 is 1.89 bits per heavy atom. The molecule has 2 heterocycles. The molecule has 0 radical (unpaired) electrons. The first kappa shape index (κ1) is 19.7. The van der Waals surface area contributed by atoms with Crippen molar-refractivity contribution >= 4 is 11.0 Å². The lowest BCUT2D eigenvalue weighted by Crippen LogP contribution is -2.26. The summed E-state index contributed by atoms with van der Waals surface area (Å²) in [7, 11) is 2.95. The van der Waals surface area contributed by atoms with Crippen LogP contribution in [0.2, 0.25) is 0 Å². The zero-order valence-electron chi connectivity index (χ0n) is 15.3. The zero-order valence-corrected chi connectivity index (χ0v) is 15.3. The van der Waals surface area contributed by atoms with Crippen molar-refractivity contribution in [3.05, 3.63) is 42.0 Å². The van der Waals surface area contributed by atoms with Crippen LogP contribution in [0.15, 0.2) is 30.5 Å². The Bertz CT molecular complexity index is 986. The van der Waals surface area contributed by atoms with E-state index in [0.29, 0.717) is 22.7 Å². The maximum atomic E-state index is 12.4. The number of benzene rings is 1. The van der Waals surface area contributed by atoms with Gasteiger partial charge in [-0.1, -0.05) is 0 Å². The number of aromatic nitrogens is 3. The van der Waals surface area contributed by atoms with Crippen molar-refractivity contribution in [1.29, 1.82) is 0 Å². The van der Waals surface area contributed by atoms with Gasteiger partial charge >= 0.3 is 6.36 Å². The smallest absolute Gasteiger partial charge is 0.493 e. The molecule has 1 unspecified atom stereocenters. The van der Waals surface area contributed by atoms with Gasteiger partial charge in [0, 0.05) is 24.8 Å². The largest absolute Gasteiger partial charge is 0.573 e. The Hall–Kier alpha value is -3.01. The molecule has 2 N–H and O–H groups in total. The highest BCUT2D eigenvalue weighted by Crippen LogP contribution is 2.34. The van der Waals surface area contributed by atoms with Crippen molar-refractivity contribution in [3.8, 4) is 17.2 Å². The summed E-state index contributed by atoms with van der Waals surface area (Å²) in [5.41, 5.74) is -0.386. The van der Waals surface area contributed by atoms with E-state index >= 15 is 0 Å². The maximum Gasteiger partial charge on any atom is 0.573 e. The summed E-state index contributed by atoms with van der Waals surface area (Å²) < 4.78 is 51.6. The van der Waals surface area contributed by atoms with Crippen LogP contribution in [0.4, 0.5) is 13.2 Å². The van der Waals surface area contributed by atoms with Gasteiger partial charge in [-0.2, -0.15) is 0 Å². The molecule has 1 aromatic carbocycles. The Kier molecular flexibility index (Phi) is 5.07. The van der Waals surface area contributed by atoms with Gasteiger partial charge in [0.1, 0.15) is 17.2 Å². The molecule has 150 valence electrons. The third kappa shape index (κ3) is 4.11. The fraction of sp³-hybridized carbons (Fsp3) is 0.333. The first-order chi connectivity index (χ1) is 13.1. The molecule has 0 saturated carbocycles. The lowest BCUT2D eigenvalue weighted by atomic mass is 9.98. The predicted molar refractivity (Wildman–Crippen MR) is 93.4 cm³/mol. The molecule has 0 aliphatic carbocycles. The highest BCUT2D eigenvalue weighted by atomic mass is 19.4. The van der Waals surface area contributed by atoms with E-state index in [1.165, 1.54) is 39.5 Å². The number of hydrogen-bond acceptors (Lipinski definition) is 6. The van der Waals surface area contributed by atoms with Crippen LogP contribution in [-0.2, 0) is 12.0 Å². The quantitative estimate of drug-likeness (QED) is 0.663. The monoisotopic (exact) mass is 397 g/mol. The Morgan fingerprint density at radius 3 is 2.54 bits per heavy atom. The van der Waals surface area contributed by atoms with Gasteiger partial charge in [0.2, 0.25) is 0 Å². The Balaban J connectivity index is 1.92. The predicted octanol–water partition coefficient (Wildman–Crippen LogP) is 3.32. The summed E-state index contributed by atoms with van der Waals surface area (Å²) in [6, 6.07) is 5.33. The molecule has 0 spiro atoms. The average Bonchev–Trinajstić information content (AvgIpc) is 3.04. The number of hydrogen-bond donors (Lipinski definition) is 2. The third-order valence-corrected chi connectivity index (χ3v) is 4.08. The van der Waals surface area contributed by atoms with Crippen molar-refractivity contribution in [1.82, 2.24) is 15.0 Å². The average molecular weight is 397 g/mol. The van der Waals surface area contributed by atoms with Crippen molar-refractivity contribution in [2.45, 2.75) is 25.3 Å². The summed E-state index contributed by atoms with van der Waals surface area (Å²) in [5.74, 6) is 0.608.